The molecule has 11 nitrogen and oxygen atoms in total. The van der Waals surface area contributed by atoms with Crippen molar-refractivity contribution in [3.63, 3.8) is 0 Å². The molecular formula is C15H23N3O8S. The summed E-state index contributed by atoms with van der Waals surface area (Å²) < 4.78 is 42.4. The van der Waals surface area contributed by atoms with Crippen LogP contribution in [0.25, 0.3) is 0 Å². The fourth-order valence-electron chi connectivity index (χ4n) is 4.41. The molecule has 27 heavy (non-hydrogen) atoms. The summed E-state index contributed by atoms with van der Waals surface area (Å²) in [6.45, 7) is 4.87. The first-order chi connectivity index (χ1) is 12.3. The topological polar surface area (TPSA) is 157 Å². The van der Waals surface area contributed by atoms with Gasteiger partial charge in [0, 0.05) is 13.0 Å². The summed E-state index contributed by atoms with van der Waals surface area (Å²) in [7, 11) is -4.99. The highest BCUT2D eigenvalue weighted by Gasteiger charge is 2.62. The van der Waals surface area contributed by atoms with Crippen molar-refractivity contribution < 1.29 is 36.3 Å². The molecule has 4 atom stereocenters. The maximum atomic E-state index is 12.9. The number of hydrogen-bond acceptors (Lipinski definition) is 7. The second-order valence-electron chi connectivity index (χ2n) is 8.11. The first-order valence-corrected chi connectivity index (χ1v) is 9.89. The highest BCUT2D eigenvalue weighted by atomic mass is 32.3. The molecule has 2 unspecified atom stereocenters. The Hall–Kier alpha value is -1.92. The Morgan fingerprint density at radius 3 is 2.44 bits per heavy atom. The third-order valence-electron chi connectivity index (χ3n) is 5.38. The minimum absolute atomic E-state index is 0.0643. The number of esters is 1. The molecule has 0 aromatic heterocycles. The molecule has 0 aromatic rings. The van der Waals surface area contributed by atoms with Gasteiger partial charge in [-0.2, -0.15) is 8.42 Å². The van der Waals surface area contributed by atoms with Gasteiger partial charge >= 0.3 is 22.4 Å². The zero-order chi connectivity index (χ0) is 20.4. The molecule has 0 radical (unpaired) electrons. The first-order valence-electron chi connectivity index (χ1n) is 8.52. The van der Waals surface area contributed by atoms with E-state index in [0.717, 1.165) is 4.90 Å². The number of rotatable bonds is 5. The first kappa shape index (κ1) is 19.8. The van der Waals surface area contributed by atoms with Crippen LogP contribution in [0.2, 0.25) is 0 Å². The molecule has 0 spiro atoms. The van der Waals surface area contributed by atoms with Crippen LogP contribution in [0.15, 0.2) is 0 Å². The molecule has 3 amide bonds. The van der Waals surface area contributed by atoms with E-state index >= 15 is 0 Å². The van der Waals surface area contributed by atoms with Gasteiger partial charge in [-0.1, -0.05) is 0 Å². The Balaban J connectivity index is 2.01. The van der Waals surface area contributed by atoms with E-state index in [0.29, 0.717) is 12.8 Å². The Bertz CT molecular complexity index is 797. The monoisotopic (exact) mass is 405 g/mol. The molecule has 0 aliphatic carbocycles. The van der Waals surface area contributed by atoms with Crippen LogP contribution >= 0.6 is 0 Å². The van der Waals surface area contributed by atoms with Crippen LogP contribution < -0.4 is 5.73 Å². The van der Waals surface area contributed by atoms with E-state index < -0.39 is 57.6 Å². The van der Waals surface area contributed by atoms with Gasteiger partial charge in [-0.15, -0.1) is 0 Å². The van der Waals surface area contributed by atoms with Gasteiger partial charge in [0.15, 0.2) is 6.23 Å². The normalized spacial score (nSPS) is 33.9. The van der Waals surface area contributed by atoms with E-state index in [2.05, 4.69) is 0 Å². The number of carbonyl (C=O) groups excluding carboxylic acids is 3. The van der Waals surface area contributed by atoms with Crippen LogP contribution in [0.5, 0.6) is 0 Å². The molecule has 3 fully saturated rings. The number of amides is 3. The molecule has 3 heterocycles. The van der Waals surface area contributed by atoms with Crippen molar-refractivity contribution in [3.05, 3.63) is 0 Å². The van der Waals surface area contributed by atoms with Crippen molar-refractivity contribution in [2.75, 3.05) is 6.54 Å². The zero-order valence-corrected chi connectivity index (χ0v) is 16.1. The average Bonchev–Trinajstić information content (AvgIpc) is 2.86. The molecule has 3 aliphatic rings. The van der Waals surface area contributed by atoms with Crippen LogP contribution in [0.3, 0.4) is 0 Å². The summed E-state index contributed by atoms with van der Waals surface area (Å²) in [4.78, 5) is 39.5. The largest absolute Gasteiger partial charge is 0.459 e. The van der Waals surface area contributed by atoms with E-state index in [1.165, 1.54) is 11.8 Å². The van der Waals surface area contributed by atoms with Crippen LogP contribution in [0.1, 0.15) is 40.0 Å². The molecule has 3 N–H and O–H groups in total. The Labute approximate surface area is 156 Å². The third-order valence-corrected chi connectivity index (χ3v) is 5.81. The smallest absolute Gasteiger partial charge is 0.399 e. The molecule has 3 saturated heterocycles. The highest BCUT2D eigenvalue weighted by Crippen LogP contribution is 2.47. The number of piperidine rings is 1. The number of cyclic esters (lactones) is 1. The van der Waals surface area contributed by atoms with Gasteiger partial charge in [-0.05, 0) is 33.6 Å². The number of hydrogen-bond donors (Lipinski definition) is 2. The third kappa shape index (κ3) is 3.36. The average molecular weight is 405 g/mol. The Morgan fingerprint density at radius 1 is 1.33 bits per heavy atom. The number of carbonyl (C=O) groups is 3. The summed E-state index contributed by atoms with van der Waals surface area (Å²) in [5.41, 5.74) is 2.92. The molecular weight excluding hydrogens is 382 g/mol. The van der Waals surface area contributed by atoms with Crippen molar-refractivity contribution in [1.29, 1.82) is 0 Å². The maximum Gasteiger partial charge on any atom is 0.399 e. The molecule has 12 heteroatoms. The van der Waals surface area contributed by atoms with Crippen molar-refractivity contribution in [2.24, 2.45) is 11.1 Å². The van der Waals surface area contributed by atoms with E-state index in [1.54, 1.807) is 13.8 Å². The number of primary amides is 1. The SMILES string of the molecule is CC1(C)CC(C)(C(OS(=O)(=O)O)N2C(=O)N3C[C@H]2CC[C@H]3C(N)=O)C(=O)O1. The van der Waals surface area contributed by atoms with Crippen LogP contribution in [-0.2, 0) is 28.9 Å². The van der Waals surface area contributed by atoms with Gasteiger partial charge in [0.1, 0.15) is 17.1 Å². The lowest BCUT2D eigenvalue weighted by atomic mass is 9.80. The van der Waals surface area contributed by atoms with E-state index in [9.17, 15) is 27.4 Å². The second kappa shape index (κ2) is 6.04. The minimum atomic E-state index is -4.99. The molecule has 3 aliphatic heterocycles. The van der Waals surface area contributed by atoms with Gasteiger partial charge in [-0.3, -0.25) is 19.0 Å². The lowest BCUT2D eigenvalue weighted by molar-refractivity contribution is -0.159. The Kier molecular flexibility index (Phi) is 4.44. The fraction of sp³-hybridized carbons (Fsp3) is 0.800. The number of urea groups is 1. The lowest BCUT2D eigenvalue weighted by Gasteiger charge is -2.37. The minimum Gasteiger partial charge on any atom is -0.459 e. The number of fused-ring (bicyclic) bond motifs is 2. The maximum absolute atomic E-state index is 12.9. The lowest BCUT2D eigenvalue weighted by Crippen LogP contribution is -2.55. The standard InChI is InChI=1S/C15H23N3O8S/c1-14(2)7-15(3,12(20)25-14)11(26-27(22,23)24)18-8-4-5-9(10(16)19)17(6-8)13(18)21/h8-9,11H,4-7H2,1-3H3,(H2,16,19)(H,22,23,24)/t8-,9+,11?,15?/m1/s1. The molecule has 0 saturated carbocycles. The number of nitrogens with zero attached hydrogens (tertiary/aromatic N) is 2. The van der Waals surface area contributed by atoms with Gasteiger partial charge in [0.2, 0.25) is 5.91 Å². The van der Waals surface area contributed by atoms with Crippen LogP contribution in [0.4, 0.5) is 4.79 Å². The van der Waals surface area contributed by atoms with E-state index in [4.69, 9.17) is 14.7 Å². The summed E-state index contributed by atoms with van der Waals surface area (Å²) >= 11 is 0. The van der Waals surface area contributed by atoms with Crippen molar-refractivity contribution >= 4 is 28.3 Å². The van der Waals surface area contributed by atoms with Gasteiger partial charge in [0.25, 0.3) is 0 Å². The quantitative estimate of drug-likeness (QED) is 0.463. The summed E-state index contributed by atoms with van der Waals surface area (Å²) in [6, 6.07) is -1.98. The predicted molar refractivity (Wildman–Crippen MR) is 89.3 cm³/mol. The zero-order valence-electron chi connectivity index (χ0n) is 15.2. The van der Waals surface area contributed by atoms with Crippen LogP contribution in [0, 0.1) is 5.41 Å². The van der Waals surface area contributed by atoms with Gasteiger partial charge in [0.05, 0.1) is 6.04 Å². The predicted octanol–water partition coefficient (Wildman–Crippen LogP) is -0.382. The summed E-state index contributed by atoms with van der Waals surface area (Å²) in [6.07, 6.45) is -0.867. The van der Waals surface area contributed by atoms with Crippen molar-refractivity contribution in [2.45, 2.75) is 63.9 Å². The molecule has 152 valence electrons. The Morgan fingerprint density at radius 2 is 1.96 bits per heavy atom. The fourth-order valence-corrected chi connectivity index (χ4v) is 4.94. The summed E-state index contributed by atoms with van der Waals surface area (Å²) in [5, 5.41) is 0. The van der Waals surface area contributed by atoms with Crippen molar-refractivity contribution in [3.8, 4) is 0 Å². The van der Waals surface area contributed by atoms with Crippen LogP contribution in [-0.4, -0.2) is 71.1 Å². The highest BCUT2D eigenvalue weighted by molar-refractivity contribution is 7.80. The second-order valence-corrected chi connectivity index (χ2v) is 9.16. The number of nitrogens with two attached hydrogens (primary N) is 1. The summed E-state index contributed by atoms with van der Waals surface area (Å²) in [5.74, 6) is -1.40. The van der Waals surface area contributed by atoms with E-state index in [-0.39, 0.29) is 13.0 Å². The molecule has 2 bridgehead atoms. The number of ether oxygens (including phenoxy) is 1. The van der Waals surface area contributed by atoms with Gasteiger partial charge < -0.3 is 15.4 Å². The molecule has 3 rings (SSSR count). The van der Waals surface area contributed by atoms with E-state index in [1.807, 2.05) is 0 Å². The van der Waals surface area contributed by atoms with Crippen molar-refractivity contribution in [1.82, 2.24) is 9.80 Å². The van der Waals surface area contributed by atoms with Gasteiger partial charge in [-0.25, -0.2) is 8.98 Å². The molecule has 0 aromatic carbocycles.